The van der Waals surface area contributed by atoms with Gasteiger partial charge in [0.1, 0.15) is 0 Å². The molecular weight excluding hydrogens is 144 g/mol. The topological polar surface area (TPSA) is 0 Å². The lowest BCUT2D eigenvalue weighted by Crippen LogP contribution is -1.95. The number of hydrogen-bond donors (Lipinski definition) is 0. The summed E-state index contributed by atoms with van der Waals surface area (Å²) in [5.74, 6) is 3.41. The minimum Gasteiger partial charge on any atom is -0.0625 e. The van der Waals surface area contributed by atoms with Gasteiger partial charge in [0, 0.05) is 0 Å². The largest absolute Gasteiger partial charge is 0.0625 e. The second kappa shape index (κ2) is 7.64. The van der Waals surface area contributed by atoms with Crippen LogP contribution in [-0.4, -0.2) is 0 Å². The van der Waals surface area contributed by atoms with Crippen molar-refractivity contribution in [2.24, 2.45) is 23.7 Å². The summed E-state index contributed by atoms with van der Waals surface area (Å²) in [6, 6.07) is 0. The van der Waals surface area contributed by atoms with E-state index in [0.717, 1.165) is 23.7 Å². The Morgan fingerprint density at radius 3 is 0.417 bits per heavy atom. The molecule has 0 aromatic heterocycles. The van der Waals surface area contributed by atoms with Gasteiger partial charge in [0.25, 0.3) is 0 Å². The molecule has 0 atom stereocenters. The van der Waals surface area contributed by atoms with E-state index in [2.05, 4.69) is 55.4 Å². The van der Waals surface area contributed by atoms with Gasteiger partial charge in [0.15, 0.2) is 0 Å². The van der Waals surface area contributed by atoms with Crippen molar-refractivity contribution in [3.8, 4) is 0 Å². The van der Waals surface area contributed by atoms with Crippen molar-refractivity contribution in [1.29, 1.82) is 0 Å². The Labute approximate surface area is 79.8 Å². The molecule has 0 unspecified atom stereocenters. The number of rotatable bonds is 2. The van der Waals surface area contributed by atoms with E-state index in [1.165, 1.54) is 0 Å². The summed E-state index contributed by atoms with van der Waals surface area (Å²) in [5, 5.41) is 0. The quantitative estimate of drug-likeness (QED) is 0.571. The van der Waals surface area contributed by atoms with Crippen LogP contribution < -0.4 is 0 Å². The normalized spacial score (nSPS) is 11.0. The zero-order chi connectivity index (χ0) is 10.3. The Kier molecular flexibility index (Phi) is 9.24. The summed E-state index contributed by atoms with van der Waals surface area (Å²) in [6.45, 7) is 17.9. The van der Waals surface area contributed by atoms with E-state index in [4.69, 9.17) is 0 Å². The van der Waals surface area contributed by atoms with Crippen molar-refractivity contribution in [2.75, 3.05) is 0 Å². The molecule has 0 fully saturated rings. The van der Waals surface area contributed by atoms with Crippen LogP contribution in [0.3, 0.4) is 0 Å². The molecule has 0 saturated heterocycles. The van der Waals surface area contributed by atoms with Crippen LogP contribution >= 0.6 is 0 Å². The summed E-state index contributed by atoms with van der Waals surface area (Å²) < 4.78 is 0. The average molecular weight is 172 g/mol. The van der Waals surface area contributed by atoms with E-state index < -0.39 is 0 Å². The van der Waals surface area contributed by atoms with E-state index in [1.807, 2.05) is 0 Å². The summed E-state index contributed by atoms with van der Waals surface area (Å²) in [7, 11) is 0. The van der Waals surface area contributed by atoms with E-state index in [1.54, 1.807) is 0 Å². The Balaban J connectivity index is 0. The molecule has 12 heavy (non-hydrogen) atoms. The standard InChI is InChI=1S/2C6H14/c2*1-5(2)6(3)4/h2*5-6H,1-4H3. The van der Waals surface area contributed by atoms with E-state index in [0.29, 0.717) is 0 Å². The van der Waals surface area contributed by atoms with Gasteiger partial charge < -0.3 is 0 Å². The van der Waals surface area contributed by atoms with Crippen molar-refractivity contribution in [2.45, 2.75) is 55.4 Å². The molecule has 0 aromatic carbocycles. The molecule has 0 aliphatic heterocycles. The Morgan fingerprint density at radius 1 is 0.333 bits per heavy atom. The third-order valence-electron chi connectivity index (χ3n) is 2.67. The van der Waals surface area contributed by atoms with Crippen molar-refractivity contribution in [3.05, 3.63) is 0 Å². The smallest absolute Gasteiger partial charge is 0.0448 e. The van der Waals surface area contributed by atoms with Crippen LogP contribution in [-0.2, 0) is 0 Å². The molecule has 0 nitrogen and oxygen atoms in total. The zero-order valence-electron chi connectivity index (χ0n) is 10.3. The molecule has 0 heteroatoms. The molecule has 0 aliphatic rings. The summed E-state index contributed by atoms with van der Waals surface area (Å²) in [5.41, 5.74) is 0. The van der Waals surface area contributed by atoms with Gasteiger partial charge in [-0.2, -0.15) is 0 Å². The molecule has 0 radical (unpaired) electrons. The van der Waals surface area contributed by atoms with E-state index >= 15 is 0 Å². The first-order chi connectivity index (χ1) is 5.29. The van der Waals surface area contributed by atoms with Crippen molar-refractivity contribution < 1.29 is 0 Å². The highest BCUT2D eigenvalue weighted by Gasteiger charge is 1.96. The minimum absolute atomic E-state index is 0.852. The molecule has 0 rings (SSSR count). The molecule has 0 spiro atoms. The molecule has 0 N–H and O–H groups in total. The molecule has 76 valence electrons. The van der Waals surface area contributed by atoms with Crippen LogP contribution in [0, 0.1) is 23.7 Å². The maximum atomic E-state index is 2.24. The first-order valence-electron chi connectivity index (χ1n) is 5.29. The van der Waals surface area contributed by atoms with Crippen LogP contribution in [0.1, 0.15) is 55.4 Å². The fourth-order valence-corrected chi connectivity index (χ4v) is 0. The average Bonchev–Trinajstić information content (AvgIpc) is 1.88. The molecule has 0 heterocycles. The van der Waals surface area contributed by atoms with Crippen LogP contribution in [0.4, 0.5) is 0 Å². The van der Waals surface area contributed by atoms with Gasteiger partial charge in [-0.3, -0.25) is 0 Å². The van der Waals surface area contributed by atoms with Gasteiger partial charge in [0.05, 0.1) is 0 Å². The zero-order valence-corrected chi connectivity index (χ0v) is 10.3. The molecule has 0 bridgehead atoms. The summed E-state index contributed by atoms with van der Waals surface area (Å²) in [4.78, 5) is 0. The van der Waals surface area contributed by atoms with Crippen LogP contribution in [0.25, 0.3) is 0 Å². The SMILES string of the molecule is CC(C)C(C)C.CC(C)C(C)C. The second-order valence-corrected chi connectivity index (χ2v) is 4.98. The van der Waals surface area contributed by atoms with Gasteiger partial charge in [0.2, 0.25) is 0 Å². The summed E-state index contributed by atoms with van der Waals surface area (Å²) >= 11 is 0. The van der Waals surface area contributed by atoms with Gasteiger partial charge >= 0.3 is 0 Å². The summed E-state index contributed by atoms with van der Waals surface area (Å²) in [6.07, 6.45) is 0. The lowest BCUT2D eigenvalue weighted by Gasteiger charge is -2.05. The highest BCUT2D eigenvalue weighted by molar-refractivity contribution is 4.46. The predicted octanol–water partition coefficient (Wildman–Crippen LogP) is 4.60. The molecule has 0 saturated carbocycles. The molecule has 0 amide bonds. The fraction of sp³-hybridized carbons (Fsp3) is 1.00. The van der Waals surface area contributed by atoms with Crippen molar-refractivity contribution in [1.82, 2.24) is 0 Å². The maximum Gasteiger partial charge on any atom is -0.0448 e. The first kappa shape index (κ1) is 14.5. The minimum atomic E-state index is 0.852. The number of hydrogen-bond acceptors (Lipinski definition) is 0. The van der Waals surface area contributed by atoms with Crippen molar-refractivity contribution in [3.63, 3.8) is 0 Å². The van der Waals surface area contributed by atoms with Gasteiger partial charge in [-0.15, -0.1) is 0 Å². The molecular formula is C12H28. The van der Waals surface area contributed by atoms with Crippen molar-refractivity contribution >= 4 is 0 Å². The molecule has 0 aliphatic carbocycles. The third kappa shape index (κ3) is 12.7. The lowest BCUT2D eigenvalue weighted by molar-refractivity contribution is 0.457. The lowest BCUT2D eigenvalue weighted by atomic mass is 10.0. The van der Waals surface area contributed by atoms with E-state index in [-0.39, 0.29) is 0 Å². The highest BCUT2D eigenvalue weighted by atomic mass is 14.0. The van der Waals surface area contributed by atoms with Gasteiger partial charge in [-0.25, -0.2) is 0 Å². The first-order valence-corrected chi connectivity index (χ1v) is 5.29. The third-order valence-corrected chi connectivity index (χ3v) is 2.67. The fourth-order valence-electron chi connectivity index (χ4n) is 0. The Hall–Kier alpha value is 0. The monoisotopic (exact) mass is 172 g/mol. The van der Waals surface area contributed by atoms with Gasteiger partial charge in [-0.1, -0.05) is 55.4 Å². The molecule has 0 aromatic rings. The Morgan fingerprint density at radius 2 is 0.417 bits per heavy atom. The predicted molar refractivity (Wildman–Crippen MR) is 59.4 cm³/mol. The van der Waals surface area contributed by atoms with Crippen LogP contribution in [0.2, 0.25) is 0 Å². The van der Waals surface area contributed by atoms with Gasteiger partial charge in [-0.05, 0) is 23.7 Å². The van der Waals surface area contributed by atoms with Crippen LogP contribution in [0.5, 0.6) is 0 Å². The van der Waals surface area contributed by atoms with Crippen LogP contribution in [0.15, 0.2) is 0 Å². The Bertz CT molecular complexity index is 54.0. The van der Waals surface area contributed by atoms with E-state index in [9.17, 15) is 0 Å². The maximum absolute atomic E-state index is 2.24. The second-order valence-electron chi connectivity index (χ2n) is 4.98. The highest BCUT2D eigenvalue weighted by Crippen LogP contribution is 2.06.